The first kappa shape index (κ1) is 17.6. The van der Waals surface area contributed by atoms with E-state index in [0.717, 1.165) is 20.5 Å². The molecule has 0 bridgehead atoms. The highest BCUT2D eigenvalue weighted by Crippen LogP contribution is 2.28. The van der Waals surface area contributed by atoms with Gasteiger partial charge in [0.2, 0.25) is 0 Å². The molecule has 0 radical (unpaired) electrons. The Morgan fingerprint density at radius 1 is 1.20 bits per heavy atom. The molecule has 5 nitrogen and oxygen atoms in total. The summed E-state index contributed by atoms with van der Waals surface area (Å²) in [4.78, 5) is 11.8. The largest absolute Gasteiger partial charge is 0.272 e. The molecule has 3 rings (SSSR count). The number of rotatable bonds is 6. The van der Waals surface area contributed by atoms with Gasteiger partial charge in [-0.05, 0) is 17.7 Å². The average Bonchev–Trinajstić information content (AvgIpc) is 3.10. The molecule has 1 amide bonds. The molecule has 0 unspecified atom stereocenters. The molecule has 1 N–H and O–H groups in total. The molecule has 0 saturated carbocycles. The molecule has 126 valence electrons. The van der Waals surface area contributed by atoms with E-state index in [4.69, 9.17) is 11.6 Å². The van der Waals surface area contributed by atoms with Crippen LogP contribution in [0.15, 0.2) is 64.0 Å². The zero-order valence-corrected chi connectivity index (χ0v) is 15.3. The summed E-state index contributed by atoms with van der Waals surface area (Å²) in [6.45, 7) is 0. The number of hydrogen-bond donors (Lipinski definition) is 1. The third-order valence-electron chi connectivity index (χ3n) is 3.01. The minimum atomic E-state index is -0.209. The number of thioether (sulfide) groups is 1. The van der Waals surface area contributed by atoms with Crippen molar-refractivity contribution in [3.05, 3.63) is 65.2 Å². The van der Waals surface area contributed by atoms with Crippen LogP contribution in [0, 0.1) is 0 Å². The third-order valence-corrected chi connectivity index (χ3v) is 5.35. The van der Waals surface area contributed by atoms with Gasteiger partial charge in [-0.2, -0.15) is 5.10 Å². The summed E-state index contributed by atoms with van der Waals surface area (Å²) < 4.78 is 0.743. The van der Waals surface area contributed by atoms with E-state index in [2.05, 4.69) is 20.7 Å². The van der Waals surface area contributed by atoms with Gasteiger partial charge in [-0.25, -0.2) is 5.43 Å². The van der Waals surface area contributed by atoms with Crippen molar-refractivity contribution in [1.82, 2.24) is 15.6 Å². The summed E-state index contributed by atoms with van der Waals surface area (Å²) in [5.74, 6) is 0.00999. The molecule has 0 aliphatic heterocycles. The summed E-state index contributed by atoms with van der Waals surface area (Å²) in [5, 5.41) is 13.6. The Hall–Kier alpha value is -2.22. The van der Waals surface area contributed by atoms with Gasteiger partial charge in [0.1, 0.15) is 5.01 Å². The van der Waals surface area contributed by atoms with E-state index >= 15 is 0 Å². The lowest BCUT2D eigenvalue weighted by atomic mass is 10.2. The van der Waals surface area contributed by atoms with Gasteiger partial charge in [-0.1, -0.05) is 77.2 Å². The van der Waals surface area contributed by atoms with Gasteiger partial charge < -0.3 is 0 Å². The lowest BCUT2D eigenvalue weighted by molar-refractivity contribution is -0.118. The van der Waals surface area contributed by atoms with Crippen LogP contribution in [-0.2, 0) is 4.79 Å². The maximum Gasteiger partial charge on any atom is 0.250 e. The first-order valence-corrected chi connectivity index (χ1v) is 9.48. The number of carbonyl (C=O) groups excluding carboxylic acids is 1. The highest BCUT2D eigenvalue weighted by molar-refractivity contribution is 8.01. The Morgan fingerprint density at radius 3 is 2.84 bits per heavy atom. The SMILES string of the molecule is O=C(CSc1nnc(-c2ccccc2)s1)NN=Cc1cccc(Cl)c1. The Balaban J connectivity index is 1.49. The van der Waals surface area contributed by atoms with Crippen LogP contribution in [0.5, 0.6) is 0 Å². The summed E-state index contributed by atoms with van der Waals surface area (Å²) in [7, 11) is 0. The Bertz CT molecular complexity index is 883. The smallest absolute Gasteiger partial charge is 0.250 e. The number of carbonyl (C=O) groups is 1. The van der Waals surface area contributed by atoms with Crippen LogP contribution in [0.4, 0.5) is 0 Å². The molecule has 3 aromatic rings. The monoisotopic (exact) mass is 388 g/mol. The molecule has 1 heterocycles. The summed E-state index contributed by atoms with van der Waals surface area (Å²) >= 11 is 8.67. The van der Waals surface area contributed by atoms with E-state index in [-0.39, 0.29) is 11.7 Å². The van der Waals surface area contributed by atoms with Crippen molar-refractivity contribution in [3.8, 4) is 10.6 Å². The number of benzene rings is 2. The van der Waals surface area contributed by atoms with Crippen molar-refractivity contribution in [3.63, 3.8) is 0 Å². The van der Waals surface area contributed by atoms with Crippen LogP contribution in [0.1, 0.15) is 5.56 Å². The quantitative estimate of drug-likeness (QED) is 0.392. The first-order valence-electron chi connectivity index (χ1n) is 7.30. The third kappa shape index (κ3) is 5.38. The van der Waals surface area contributed by atoms with Crippen LogP contribution in [0.2, 0.25) is 5.02 Å². The van der Waals surface area contributed by atoms with Crippen LogP contribution in [0.25, 0.3) is 10.6 Å². The second kappa shape index (κ2) is 8.75. The lowest BCUT2D eigenvalue weighted by Gasteiger charge is -1.98. The fourth-order valence-corrected chi connectivity index (χ4v) is 3.74. The van der Waals surface area contributed by atoms with Crippen LogP contribution < -0.4 is 5.43 Å². The fourth-order valence-electron chi connectivity index (χ4n) is 1.89. The zero-order chi connectivity index (χ0) is 17.5. The van der Waals surface area contributed by atoms with Crippen molar-refractivity contribution in [2.24, 2.45) is 5.10 Å². The average molecular weight is 389 g/mol. The standard InChI is InChI=1S/C17H13ClN4OS2/c18-14-8-4-5-12(9-14)10-19-20-15(23)11-24-17-22-21-16(25-17)13-6-2-1-3-7-13/h1-10H,11H2,(H,20,23). The molecular weight excluding hydrogens is 376 g/mol. The Morgan fingerprint density at radius 2 is 2.04 bits per heavy atom. The molecule has 0 aliphatic carbocycles. The lowest BCUT2D eigenvalue weighted by Crippen LogP contribution is -2.19. The van der Waals surface area contributed by atoms with E-state index in [1.807, 2.05) is 42.5 Å². The van der Waals surface area contributed by atoms with Crippen molar-refractivity contribution in [2.45, 2.75) is 4.34 Å². The molecule has 0 fully saturated rings. The van der Waals surface area contributed by atoms with Gasteiger partial charge in [-0.3, -0.25) is 4.79 Å². The Kier molecular flexibility index (Phi) is 6.16. The Labute approximate surface area is 158 Å². The normalized spacial score (nSPS) is 10.9. The number of amides is 1. The zero-order valence-electron chi connectivity index (χ0n) is 12.9. The van der Waals surface area contributed by atoms with E-state index in [1.54, 1.807) is 18.3 Å². The molecule has 2 aromatic carbocycles. The number of aromatic nitrogens is 2. The van der Waals surface area contributed by atoms with Crippen molar-refractivity contribution >= 4 is 46.8 Å². The second-order valence-corrected chi connectivity index (χ2v) is 7.51. The first-order chi connectivity index (χ1) is 12.2. The van der Waals surface area contributed by atoms with Gasteiger partial charge in [0.05, 0.1) is 12.0 Å². The van der Waals surface area contributed by atoms with Crippen LogP contribution >= 0.6 is 34.7 Å². The van der Waals surface area contributed by atoms with Crippen LogP contribution in [-0.4, -0.2) is 28.1 Å². The van der Waals surface area contributed by atoms with E-state index in [0.29, 0.717) is 5.02 Å². The van der Waals surface area contributed by atoms with Gasteiger partial charge in [-0.15, -0.1) is 10.2 Å². The summed E-state index contributed by atoms with van der Waals surface area (Å²) in [6.07, 6.45) is 1.55. The highest BCUT2D eigenvalue weighted by atomic mass is 35.5. The van der Waals surface area contributed by atoms with E-state index < -0.39 is 0 Å². The number of nitrogens with zero attached hydrogens (tertiary/aromatic N) is 3. The summed E-state index contributed by atoms with van der Waals surface area (Å²) in [6, 6.07) is 17.0. The van der Waals surface area contributed by atoms with Gasteiger partial charge in [0.15, 0.2) is 4.34 Å². The van der Waals surface area contributed by atoms with Gasteiger partial charge in [0, 0.05) is 10.6 Å². The predicted octanol–water partition coefficient (Wildman–Crippen LogP) is 4.10. The molecule has 1 aromatic heterocycles. The van der Waals surface area contributed by atoms with Crippen molar-refractivity contribution < 1.29 is 4.79 Å². The molecule has 0 aliphatic rings. The molecule has 0 spiro atoms. The molecular formula is C17H13ClN4OS2. The second-order valence-electron chi connectivity index (χ2n) is 4.88. The minimum absolute atomic E-state index is 0.209. The number of nitrogens with one attached hydrogen (secondary N) is 1. The highest BCUT2D eigenvalue weighted by Gasteiger charge is 2.09. The van der Waals surface area contributed by atoms with Gasteiger partial charge in [0.25, 0.3) is 5.91 Å². The molecule has 0 saturated heterocycles. The maximum absolute atomic E-state index is 11.8. The van der Waals surface area contributed by atoms with Crippen LogP contribution in [0.3, 0.4) is 0 Å². The number of halogens is 1. The number of hydrogen-bond acceptors (Lipinski definition) is 6. The number of hydrazone groups is 1. The van der Waals surface area contributed by atoms with Gasteiger partial charge >= 0.3 is 0 Å². The topological polar surface area (TPSA) is 67.2 Å². The molecule has 8 heteroatoms. The fraction of sp³-hybridized carbons (Fsp3) is 0.0588. The summed E-state index contributed by atoms with van der Waals surface area (Å²) in [5.41, 5.74) is 4.32. The maximum atomic E-state index is 11.8. The predicted molar refractivity (Wildman–Crippen MR) is 103 cm³/mol. The molecule has 0 atom stereocenters. The van der Waals surface area contributed by atoms with E-state index in [1.165, 1.54) is 23.1 Å². The van der Waals surface area contributed by atoms with Crippen molar-refractivity contribution in [1.29, 1.82) is 0 Å². The van der Waals surface area contributed by atoms with E-state index in [9.17, 15) is 4.79 Å². The molecule has 25 heavy (non-hydrogen) atoms. The van der Waals surface area contributed by atoms with Crippen molar-refractivity contribution in [2.75, 3.05) is 5.75 Å². The minimum Gasteiger partial charge on any atom is -0.272 e.